The van der Waals surface area contributed by atoms with E-state index in [4.69, 9.17) is 16.3 Å². The molecule has 1 heterocycles. The van der Waals surface area contributed by atoms with E-state index in [2.05, 4.69) is 10.4 Å². The SMILES string of the molecule is Cc1nn(-c2ccccc2)c(Cl)c1C(=O)O[C@@H](C)C(=O)Nc1ccccc1. The number of aromatic nitrogens is 2. The Morgan fingerprint density at radius 2 is 1.67 bits per heavy atom. The fraction of sp³-hybridized carbons (Fsp3) is 0.150. The van der Waals surface area contributed by atoms with Gasteiger partial charge in [-0.25, -0.2) is 9.48 Å². The van der Waals surface area contributed by atoms with Crippen LogP contribution in [0.25, 0.3) is 5.69 Å². The zero-order valence-corrected chi connectivity index (χ0v) is 15.6. The zero-order valence-electron chi connectivity index (χ0n) is 14.8. The molecule has 0 saturated carbocycles. The quantitative estimate of drug-likeness (QED) is 0.675. The largest absolute Gasteiger partial charge is 0.449 e. The van der Waals surface area contributed by atoms with E-state index in [0.29, 0.717) is 11.4 Å². The lowest BCUT2D eigenvalue weighted by Gasteiger charge is -2.13. The van der Waals surface area contributed by atoms with Crippen LogP contribution in [0.4, 0.5) is 5.69 Å². The van der Waals surface area contributed by atoms with E-state index >= 15 is 0 Å². The number of carbonyl (C=O) groups excluding carboxylic acids is 2. The number of hydrogen-bond donors (Lipinski definition) is 1. The molecule has 0 aliphatic rings. The summed E-state index contributed by atoms with van der Waals surface area (Å²) < 4.78 is 6.75. The highest BCUT2D eigenvalue weighted by atomic mass is 35.5. The predicted molar refractivity (Wildman–Crippen MR) is 103 cm³/mol. The maximum Gasteiger partial charge on any atom is 0.344 e. The van der Waals surface area contributed by atoms with Crippen LogP contribution >= 0.6 is 11.6 Å². The molecule has 7 heteroatoms. The second-order valence-corrected chi connectivity index (χ2v) is 6.26. The maximum absolute atomic E-state index is 12.6. The number of aryl methyl sites for hydroxylation is 1. The summed E-state index contributed by atoms with van der Waals surface area (Å²) >= 11 is 6.35. The summed E-state index contributed by atoms with van der Waals surface area (Å²) in [5.74, 6) is -1.13. The van der Waals surface area contributed by atoms with Gasteiger partial charge in [0, 0.05) is 5.69 Å². The lowest BCUT2D eigenvalue weighted by Crippen LogP contribution is -2.30. The number of benzene rings is 2. The van der Waals surface area contributed by atoms with Crippen molar-refractivity contribution < 1.29 is 14.3 Å². The number of esters is 1. The molecule has 0 aliphatic heterocycles. The number of hydrogen-bond acceptors (Lipinski definition) is 4. The molecule has 6 nitrogen and oxygen atoms in total. The van der Waals surface area contributed by atoms with E-state index in [-0.39, 0.29) is 10.7 Å². The van der Waals surface area contributed by atoms with Gasteiger partial charge in [-0.3, -0.25) is 4.79 Å². The monoisotopic (exact) mass is 383 g/mol. The van der Waals surface area contributed by atoms with Gasteiger partial charge in [-0.2, -0.15) is 5.10 Å². The third kappa shape index (κ3) is 4.17. The van der Waals surface area contributed by atoms with Crippen LogP contribution in [0.5, 0.6) is 0 Å². The molecule has 2 aromatic carbocycles. The molecule has 27 heavy (non-hydrogen) atoms. The molecule has 0 saturated heterocycles. The van der Waals surface area contributed by atoms with Crippen LogP contribution in [0.3, 0.4) is 0 Å². The Kier molecular flexibility index (Phi) is 5.57. The number of para-hydroxylation sites is 2. The number of nitrogens with zero attached hydrogens (tertiary/aromatic N) is 2. The smallest absolute Gasteiger partial charge is 0.344 e. The summed E-state index contributed by atoms with van der Waals surface area (Å²) in [6.45, 7) is 3.16. The molecule has 3 rings (SSSR count). The summed E-state index contributed by atoms with van der Waals surface area (Å²) in [6.07, 6.45) is -0.992. The summed E-state index contributed by atoms with van der Waals surface area (Å²) in [7, 11) is 0. The molecule has 3 aromatic rings. The number of amides is 1. The van der Waals surface area contributed by atoms with Crippen molar-refractivity contribution in [2.24, 2.45) is 0 Å². The average molecular weight is 384 g/mol. The van der Waals surface area contributed by atoms with E-state index in [0.717, 1.165) is 5.69 Å². The summed E-state index contributed by atoms with van der Waals surface area (Å²) in [5.41, 5.74) is 1.90. The van der Waals surface area contributed by atoms with Crippen LogP contribution in [-0.4, -0.2) is 27.8 Å². The van der Waals surface area contributed by atoms with E-state index in [1.807, 2.05) is 36.4 Å². The zero-order chi connectivity index (χ0) is 19.4. The second-order valence-electron chi connectivity index (χ2n) is 5.90. The molecular weight excluding hydrogens is 366 g/mol. The van der Waals surface area contributed by atoms with Gasteiger partial charge in [0.2, 0.25) is 0 Å². The number of ether oxygens (including phenoxy) is 1. The predicted octanol–water partition coefficient (Wildman–Crippen LogP) is 4.02. The number of carbonyl (C=O) groups is 2. The van der Waals surface area contributed by atoms with Gasteiger partial charge in [0.05, 0.1) is 11.4 Å². The molecule has 1 amide bonds. The van der Waals surface area contributed by atoms with E-state index in [1.165, 1.54) is 11.6 Å². The van der Waals surface area contributed by atoms with Crippen molar-refractivity contribution in [2.75, 3.05) is 5.32 Å². The number of rotatable bonds is 5. The van der Waals surface area contributed by atoms with Gasteiger partial charge in [-0.05, 0) is 38.1 Å². The standard InChI is InChI=1S/C20H18ClN3O3/c1-13-17(18(21)24(23-13)16-11-7-4-8-12-16)20(26)27-14(2)19(25)22-15-9-5-3-6-10-15/h3-12,14H,1-2H3,(H,22,25)/t14-/m0/s1. The molecule has 0 radical (unpaired) electrons. The lowest BCUT2D eigenvalue weighted by molar-refractivity contribution is -0.123. The van der Waals surface area contributed by atoms with Crippen molar-refractivity contribution in [3.63, 3.8) is 0 Å². The molecule has 0 bridgehead atoms. The molecule has 1 atom stereocenters. The highest BCUT2D eigenvalue weighted by molar-refractivity contribution is 6.33. The molecule has 1 N–H and O–H groups in total. The first-order valence-electron chi connectivity index (χ1n) is 8.35. The van der Waals surface area contributed by atoms with Crippen LogP contribution in [-0.2, 0) is 9.53 Å². The van der Waals surface area contributed by atoms with Crippen LogP contribution < -0.4 is 5.32 Å². The fourth-order valence-corrected chi connectivity index (χ4v) is 2.86. The molecule has 0 unspecified atom stereocenters. The van der Waals surface area contributed by atoms with Crippen molar-refractivity contribution >= 4 is 29.2 Å². The van der Waals surface area contributed by atoms with Gasteiger partial charge < -0.3 is 10.1 Å². The van der Waals surface area contributed by atoms with Crippen LogP contribution in [0, 0.1) is 6.92 Å². The Balaban J connectivity index is 1.74. The molecule has 138 valence electrons. The second kappa shape index (κ2) is 8.05. The number of nitrogens with one attached hydrogen (secondary N) is 1. The van der Waals surface area contributed by atoms with Gasteiger partial charge in [-0.1, -0.05) is 48.0 Å². The van der Waals surface area contributed by atoms with Gasteiger partial charge in [-0.15, -0.1) is 0 Å². The van der Waals surface area contributed by atoms with Gasteiger partial charge in [0.15, 0.2) is 6.10 Å². The fourth-order valence-electron chi connectivity index (χ4n) is 2.51. The van der Waals surface area contributed by atoms with Gasteiger partial charge >= 0.3 is 5.97 Å². The first-order chi connectivity index (χ1) is 13.0. The Labute approximate surface area is 161 Å². The maximum atomic E-state index is 12.6. The molecule has 0 aliphatic carbocycles. The summed E-state index contributed by atoms with van der Waals surface area (Å²) in [5, 5.41) is 7.13. The minimum atomic E-state index is -0.992. The minimum Gasteiger partial charge on any atom is -0.449 e. The first-order valence-corrected chi connectivity index (χ1v) is 8.72. The third-order valence-corrected chi connectivity index (χ3v) is 4.25. The Morgan fingerprint density at radius 1 is 1.07 bits per heavy atom. The van der Waals surface area contributed by atoms with Crippen LogP contribution in [0.1, 0.15) is 23.0 Å². The van der Waals surface area contributed by atoms with Crippen molar-refractivity contribution in [3.05, 3.63) is 77.1 Å². The van der Waals surface area contributed by atoms with Crippen molar-refractivity contribution in [3.8, 4) is 5.69 Å². The van der Waals surface area contributed by atoms with Crippen molar-refractivity contribution in [1.82, 2.24) is 9.78 Å². The number of anilines is 1. The topological polar surface area (TPSA) is 73.2 Å². The molecule has 1 aromatic heterocycles. The van der Waals surface area contributed by atoms with E-state index in [9.17, 15) is 9.59 Å². The number of halogens is 1. The minimum absolute atomic E-state index is 0.138. The van der Waals surface area contributed by atoms with Gasteiger partial charge in [0.25, 0.3) is 5.91 Å². The highest BCUT2D eigenvalue weighted by Crippen LogP contribution is 2.24. The molecule has 0 fully saturated rings. The average Bonchev–Trinajstić information content (AvgIpc) is 2.97. The first kappa shape index (κ1) is 18.7. The van der Waals surface area contributed by atoms with Crippen molar-refractivity contribution in [2.45, 2.75) is 20.0 Å². The Bertz CT molecular complexity index is 955. The van der Waals surface area contributed by atoms with E-state index < -0.39 is 18.0 Å². The Hall–Kier alpha value is -3.12. The van der Waals surface area contributed by atoms with Crippen LogP contribution in [0.2, 0.25) is 5.15 Å². The Morgan fingerprint density at radius 3 is 2.30 bits per heavy atom. The van der Waals surface area contributed by atoms with Gasteiger partial charge in [0.1, 0.15) is 10.7 Å². The summed E-state index contributed by atoms with van der Waals surface area (Å²) in [4.78, 5) is 24.8. The molecular formula is C20H18ClN3O3. The van der Waals surface area contributed by atoms with E-state index in [1.54, 1.807) is 31.2 Å². The highest BCUT2D eigenvalue weighted by Gasteiger charge is 2.26. The third-order valence-electron chi connectivity index (χ3n) is 3.90. The summed E-state index contributed by atoms with van der Waals surface area (Å²) in [6, 6.07) is 18.1. The van der Waals surface area contributed by atoms with Crippen molar-refractivity contribution in [1.29, 1.82) is 0 Å². The van der Waals surface area contributed by atoms with Crippen LogP contribution in [0.15, 0.2) is 60.7 Å². The lowest BCUT2D eigenvalue weighted by atomic mass is 10.2. The molecule has 0 spiro atoms. The normalized spacial score (nSPS) is 11.7.